The van der Waals surface area contributed by atoms with Crippen molar-refractivity contribution < 1.29 is 4.79 Å². The van der Waals surface area contributed by atoms with E-state index < -0.39 is 0 Å². The number of rotatable bonds is 2. The van der Waals surface area contributed by atoms with Crippen molar-refractivity contribution in [3.63, 3.8) is 0 Å². The van der Waals surface area contributed by atoms with Crippen molar-refractivity contribution in [2.24, 2.45) is 5.41 Å². The first kappa shape index (κ1) is 13.4. The van der Waals surface area contributed by atoms with E-state index in [0.29, 0.717) is 18.1 Å². The van der Waals surface area contributed by atoms with Gasteiger partial charge in [-0.2, -0.15) is 0 Å². The summed E-state index contributed by atoms with van der Waals surface area (Å²) in [5.41, 5.74) is -0.182. The molecule has 3 atom stereocenters. The van der Waals surface area contributed by atoms with Crippen LogP contribution in [0.25, 0.3) is 0 Å². The summed E-state index contributed by atoms with van der Waals surface area (Å²) in [6.45, 7) is 3.90. The fourth-order valence-electron chi connectivity index (χ4n) is 4.10. The molecule has 19 heavy (non-hydrogen) atoms. The quantitative estimate of drug-likeness (QED) is 0.786. The van der Waals surface area contributed by atoms with Crippen LogP contribution in [0.4, 0.5) is 0 Å². The van der Waals surface area contributed by atoms with Gasteiger partial charge in [0.25, 0.3) is 0 Å². The molecule has 0 spiro atoms. The Hall–Kier alpha value is -0.610. The molecule has 3 unspecified atom stereocenters. The van der Waals surface area contributed by atoms with E-state index in [-0.39, 0.29) is 11.3 Å². The zero-order chi connectivity index (χ0) is 13.5. The second-order valence-electron chi connectivity index (χ2n) is 7.03. The van der Waals surface area contributed by atoms with Crippen molar-refractivity contribution in [3.05, 3.63) is 0 Å². The van der Waals surface area contributed by atoms with Crippen LogP contribution in [-0.2, 0) is 4.79 Å². The van der Waals surface area contributed by atoms with Gasteiger partial charge in [-0.15, -0.1) is 0 Å². The number of carbonyl (C=O) groups excluding carboxylic acids is 1. The van der Waals surface area contributed by atoms with Gasteiger partial charge in [-0.3, -0.25) is 4.79 Å². The van der Waals surface area contributed by atoms with Crippen LogP contribution in [0.15, 0.2) is 0 Å². The maximum absolute atomic E-state index is 12.5. The summed E-state index contributed by atoms with van der Waals surface area (Å²) in [4.78, 5) is 15.0. The van der Waals surface area contributed by atoms with Gasteiger partial charge in [0.2, 0.25) is 5.91 Å². The Balaban J connectivity index is 1.60. The first-order chi connectivity index (χ1) is 9.08. The molecule has 0 aromatic rings. The third-order valence-corrected chi connectivity index (χ3v) is 5.59. The second-order valence-corrected chi connectivity index (χ2v) is 7.03. The van der Waals surface area contributed by atoms with Gasteiger partial charge >= 0.3 is 0 Å². The summed E-state index contributed by atoms with van der Waals surface area (Å²) in [7, 11) is 2.26. The van der Waals surface area contributed by atoms with E-state index in [1.165, 1.54) is 19.3 Å². The van der Waals surface area contributed by atoms with Gasteiger partial charge in [-0.25, -0.2) is 0 Å². The predicted molar refractivity (Wildman–Crippen MR) is 75.9 cm³/mol. The topological polar surface area (TPSA) is 44.4 Å². The van der Waals surface area contributed by atoms with E-state index in [1.807, 2.05) is 0 Å². The first-order valence-electron chi connectivity index (χ1n) is 7.82. The van der Waals surface area contributed by atoms with E-state index in [2.05, 4.69) is 29.5 Å². The summed E-state index contributed by atoms with van der Waals surface area (Å²) in [6.07, 6.45) is 7.22. The molecule has 0 aliphatic carbocycles. The van der Waals surface area contributed by atoms with Gasteiger partial charge in [-0.05, 0) is 52.6 Å². The molecule has 0 aromatic carbocycles. The molecule has 0 radical (unpaired) electrons. The lowest BCUT2D eigenvalue weighted by Crippen LogP contribution is -2.56. The largest absolute Gasteiger partial charge is 0.353 e. The molecule has 2 bridgehead atoms. The summed E-state index contributed by atoms with van der Waals surface area (Å²) in [6, 6.07) is 1.77. The van der Waals surface area contributed by atoms with Crippen LogP contribution in [0.5, 0.6) is 0 Å². The van der Waals surface area contributed by atoms with Crippen LogP contribution in [0.2, 0.25) is 0 Å². The molecule has 3 fully saturated rings. The first-order valence-corrected chi connectivity index (χ1v) is 7.82. The van der Waals surface area contributed by atoms with Crippen LogP contribution in [0, 0.1) is 5.41 Å². The van der Waals surface area contributed by atoms with Crippen LogP contribution >= 0.6 is 0 Å². The zero-order valence-electron chi connectivity index (χ0n) is 12.2. The van der Waals surface area contributed by atoms with Gasteiger partial charge in [0.1, 0.15) is 0 Å². The average molecular weight is 265 g/mol. The molecule has 3 heterocycles. The van der Waals surface area contributed by atoms with Crippen LogP contribution in [0.3, 0.4) is 0 Å². The number of hydrogen-bond acceptors (Lipinski definition) is 3. The van der Waals surface area contributed by atoms with E-state index in [1.54, 1.807) is 0 Å². The van der Waals surface area contributed by atoms with E-state index in [9.17, 15) is 4.79 Å². The number of nitrogens with one attached hydrogen (secondary N) is 2. The lowest BCUT2D eigenvalue weighted by molar-refractivity contribution is -0.130. The third kappa shape index (κ3) is 2.52. The Kier molecular flexibility index (Phi) is 3.56. The molecule has 108 valence electrons. The van der Waals surface area contributed by atoms with Crippen molar-refractivity contribution >= 4 is 5.91 Å². The minimum Gasteiger partial charge on any atom is -0.353 e. The van der Waals surface area contributed by atoms with Crippen molar-refractivity contribution in [2.75, 3.05) is 20.1 Å². The minimum atomic E-state index is -0.182. The van der Waals surface area contributed by atoms with Crippen molar-refractivity contribution in [2.45, 2.75) is 63.6 Å². The Morgan fingerprint density at radius 1 is 1.32 bits per heavy atom. The summed E-state index contributed by atoms with van der Waals surface area (Å²) >= 11 is 0. The number of piperidine rings is 2. The van der Waals surface area contributed by atoms with Gasteiger partial charge in [0, 0.05) is 24.7 Å². The molecular formula is C15H27N3O. The van der Waals surface area contributed by atoms with Gasteiger partial charge in [-0.1, -0.05) is 6.42 Å². The second kappa shape index (κ2) is 5.06. The normalized spacial score (nSPS) is 43.2. The molecule has 0 aromatic heterocycles. The van der Waals surface area contributed by atoms with Crippen LogP contribution < -0.4 is 10.6 Å². The van der Waals surface area contributed by atoms with E-state index in [0.717, 1.165) is 32.4 Å². The zero-order valence-corrected chi connectivity index (χ0v) is 12.2. The highest BCUT2D eigenvalue weighted by Crippen LogP contribution is 2.33. The molecule has 0 saturated carbocycles. The Morgan fingerprint density at radius 3 is 2.58 bits per heavy atom. The smallest absolute Gasteiger partial charge is 0.227 e. The molecule has 2 N–H and O–H groups in total. The standard InChI is InChI=1S/C15H27N3O/c1-15(6-7-16-10-15)14(19)17-11-8-12-4-3-5-13(9-11)18(12)2/h11-13,16H,3-10H2,1-2H3,(H,17,19). The van der Waals surface area contributed by atoms with Gasteiger partial charge in [0.05, 0.1) is 5.41 Å². The van der Waals surface area contributed by atoms with Gasteiger partial charge < -0.3 is 15.5 Å². The highest BCUT2D eigenvalue weighted by atomic mass is 16.2. The van der Waals surface area contributed by atoms with Crippen LogP contribution in [0.1, 0.15) is 45.4 Å². The molecular weight excluding hydrogens is 238 g/mol. The Morgan fingerprint density at radius 2 is 2.00 bits per heavy atom. The molecule has 1 amide bonds. The summed E-state index contributed by atoms with van der Waals surface area (Å²) in [5.74, 6) is 0.269. The lowest BCUT2D eigenvalue weighted by Gasteiger charge is -2.47. The number of hydrogen-bond donors (Lipinski definition) is 2. The Bertz CT molecular complexity index is 337. The lowest BCUT2D eigenvalue weighted by atomic mass is 9.81. The Labute approximate surface area is 116 Å². The van der Waals surface area contributed by atoms with Gasteiger partial charge in [0.15, 0.2) is 0 Å². The minimum absolute atomic E-state index is 0.182. The van der Waals surface area contributed by atoms with E-state index >= 15 is 0 Å². The fraction of sp³-hybridized carbons (Fsp3) is 0.933. The van der Waals surface area contributed by atoms with Crippen LogP contribution in [-0.4, -0.2) is 49.1 Å². The number of amides is 1. The number of fused-ring (bicyclic) bond motifs is 2. The van der Waals surface area contributed by atoms with Crippen molar-refractivity contribution in [1.29, 1.82) is 0 Å². The third-order valence-electron chi connectivity index (χ3n) is 5.59. The van der Waals surface area contributed by atoms with Crippen molar-refractivity contribution in [1.82, 2.24) is 15.5 Å². The maximum atomic E-state index is 12.5. The predicted octanol–water partition coefficient (Wildman–Crippen LogP) is 1.12. The van der Waals surface area contributed by atoms with Crippen molar-refractivity contribution in [3.8, 4) is 0 Å². The average Bonchev–Trinajstić information content (AvgIpc) is 2.79. The SMILES string of the molecule is CN1C2CCCC1CC(NC(=O)C1(C)CCNC1)C2. The molecule has 3 rings (SSSR count). The highest BCUT2D eigenvalue weighted by molar-refractivity contribution is 5.83. The number of nitrogens with zero attached hydrogens (tertiary/aromatic N) is 1. The number of carbonyl (C=O) groups is 1. The monoisotopic (exact) mass is 265 g/mol. The maximum Gasteiger partial charge on any atom is 0.227 e. The molecule has 4 nitrogen and oxygen atoms in total. The molecule has 4 heteroatoms. The summed E-state index contributed by atoms with van der Waals surface area (Å²) in [5, 5.41) is 6.65. The summed E-state index contributed by atoms with van der Waals surface area (Å²) < 4.78 is 0. The van der Waals surface area contributed by atoms with E-state index in [4.69, 9.17) is 0 Å². The fourth-order valence-corrected chi connectivity index (χ4v) is 4.10. The highest BCUT2D eigenvalue weighted by Gasteiger charge is 2.40. The molecule has 3 aliphatic rings. The molecule has 3 aliphatic heterocycles. The molecule has 3 saturated heterocycles.